The second-order valence-electron chi connectivity index (χ2n) is 8.49. The normalized spacial score (nSPS) is 16.7. The lowest BCUT2D eigenvalue weighted by molar-refractivity contribution is -0.130. The van der Waals surface area contributed by atoms with Crippen LogP contribution >= 0.6 is 0 Å². The lowest BCUT2D eigenvalue weighted by atomic mass is 10.1. The highest BCUT2D eigenvalue weighted by atomic mass is 16.5. The van der Waals surface area contributed by atoms with Crippen LogP contribution in [0.5, 0.6) is 5.75 Å². The van der Waals surface area contributed by atoms with Gasteiger partial charge in [-0.05, 0) is 37.3 Å². The fraction of sp³-hybridized carbons (Fsp3) is 0.375. The molecule has 172 valence electrons. The van der Waals surface area contributed by atoms with Crippen molar-refractivity contribution in [2.24, 2.45) is 0 Å². The van der Waals surface area contributed by atoms with Gasteiger partial charge in [-0.15, -0.1) is 0 Å². The highest BCUT2D eigenvalue weighted by Gasteiger charge is 2.27. The van der Waals surface area contributed by atoms with Crippen LogP contribution in [-0.2, 0) is 16.1 Å². The van der Waals surface area contributed by atoms with E-state index in [0.717, 1.165) is 41.4 Å². The molecule has 4 heterocycles. The molecule has 0 atom stereocenters. The van der Waals surface area contributed by atoms with Gasteiger partial charge >= 0.3 is 0 Å². The zero-order chi connectivity index (χ0) is 23.1. The van der Waals surface area contributed by atoms with Crippen LogP contribution in [0.25, 0.3) is 16.9 Å². The van der Waals surface area contributed by atoms with Crippen LogP contribution in [0.2, 0.25) is 0 Å². The van der Waals surface area contributed by atoms with Crippen molar-refractivity contribution in [2.45, 2.75) is 20.4 Å². The van der Waals surface area contributed by atoms with Crippen molar-refractivity contribution in [3.05, 3.63) is 42.2 Å². The van der Waals surface area contributed by atoms with E-state index in [2.05, 4.69) is 4.90 Å². The second-order valence-corrected chi connectivity index (χ2v) is 8.49. The molecule has 3 aromatic rings. The van der Waals surface area contributed by atoms with Crippen molar-refractivity contribution in [2.75, 3.05) is 50.0 Å². The van der Waals surface area contributed by atoms with Gasteiger partial charge in [0.1, 0.15) is 11.4 Å². The van der Waals surface area contributed by atoms with Gasteiger partial charge in [-0.25, -0.2) is 4.98 Å². The smallest absolute Gasteiger partial charge is 0.265 e. The Balaban J connectivity index is 1.55. The summed E-state index contributed by atoms with van der Waals surface area (Å²) in [5, 5.41) is 0. The Bertz CT molecular complexity index is 1230. The Morgan fingerprint density at radius 2 is 1.94 bits per heavy atom. The maximum atomic E-state index is 12.4. The lowest BCUT2D eigenvalue weighted by Crippen LogP contribution is -2.47. The first-order valence-corrected chi connectivity index (χ1v) is 11.3. The molecule has 0 radical (unpaired) electrons. The molecule has 2 aliphatic heterocycles. The molecule has 1 aromatic carbocycles. The second kappa shape index (κ2) is 8.40. The summed E-state index contributed by atoms with van der Waals surface area (Å²) in [5.74, 6) is 0.771. The van der Waals surface area contributed by atoms with Gasteiger partial charge in [0.15, 0.2) is 6.61 Å². The van der Waals surface area contributed by atoms with Crippen molar-refractivity contribution in [1.82, 2.24) is 19.2 Å². The number of aromatic nitrogens is 2. The van der Waals surface area contributed by atoms with Gasteiger partial charge in [-0.2, -0.15) is 0 Å². The summed E-state index contributed by atoms with van der Waals surface area (Å²) < 4.78 is 7.68. The number of amides is 2. The minimum Gasteiger partial charge on any atom is -0.482 e. The zero-order valence-corrected chi connectivity index (χ0v) is 19.0. The number of hydrogen-bond donors (Lipinski definition) is 1. The molecule has 5 rings (SSSR count). The monoisotopic (exact) mass is 448 g/mol. The van der Waals surface area contributed by atoms with Crippen molar-refractivity contribution in [3.63, 3.8) is 0 Å². The number of hydrogen-bond acceptors (Lipinski definition) is 6. The number of nitrogens with zero attached hydrogens (tertiary/aromatic N) is 5. The molecule has 2 aliphatic rings. The van der Waals surface area contributed by atoms with E-state index in [9.17, 15) is 9.59 Å². The Morgan fingerprint density at radius 1 is 1.15 bits per heavy atom. The quantitative estimate of drug-likeness (QED) is 0.656. The number of rotatable bonds is 4. The summed E-state index contributed by atoms with van der Waals surface area (Å²) >= 11 is 0. The molecule has 2 N–H and O–H groups in total. The predicted octanol–water partition coefficient (Wildman–Crippen LogP) is 1.99. The molecule has 2 aromatic heterocycles. The summed E-state index contributed by atoms with van der Waals surface area (Å²) in [6.45, 7) is 7.91. The largest absolute Gasteiger partial charge is 0.482 e. The third kappa shape index (κ3) is 3.89. The maximum Gasteiger partial charge on any atom is 0.265 e. The average molecular weight is 449 g/mol. The lowest BCUT2D eigenvalue weighted by Gasteiger charge is -2.34. The molecule has 1 fully saturated rings. The topological polar surface area (TPSA) is 96.4 Å². The molecule has 9 heteroatoms. The summed E-state index contributed by atoms with van der Waals surface area (Å²) in [6.07, 6.45) is 1.90. The standard InChI is InChI=1S/C24H28N6O3/c1-3-29-19-12-17(4-6-21(19)33-15-23(29)32)24-20(30-13-18(25)5-7-22(30)26-24)14-27-8-10-28(11-9-27)16(2)31/h4-7,12-13H,3,8-11,14-15,25H2,1-2H3. The van der Waals surface area contributed by atoms with E-state index >= 15 is 0 Å². The van der Waals surface area contributed by atoms with Crippen molar-refractivity contribution >= 4 is 28.8 Å². The molecule has 2 amide bonds. The Morgan fingerprint density at radius 3 is 2.67 bits per heavy atom. The zero-order valence-electron chi connectivity index (χ0n) is 19.0. The average Bonchev–Trinajstić information content (AvgIpc) is 3.16. The molecule has 0 saturated carbocycles. The van der Waals surface area contributed by atoms with Crippen molar-refractivity contribution in [1.29, 1.82) is 0 Å². The number of ether oxygens (including phenoxy) is 1. The third-order valence-electron chi connectivity index (χ3n) is 6.42. The molecule has 1 saturated heterocycles. The molecular formula is C24H28N6O3. The Hall–Kier alpha value is -3.59. The van der Waals surface area contributed by atoms with E-state index in [1.54, 1.807) is 11.8 Å². The van der Waals surface area contributed by atoms with Crippen molar-refractivity contribution < 1.29 is 14.3 Å². The third-order valence-corrected chi connectivity index (χ3v) is 6.42. The summed E-state index contributed by atoms with van der Waals surface area (Å²) in [4.78, 5) is 34.9. The number of likely N-dealkylation sites (N-methyl/N-ethyl adjacent to an activating group) is 1. The van der Waals surface area contributed by atoms with Crippen LogP contribution in [0.15, 0.2) is 36.5 Å². The van der Waals surface area contributed by atoms with Crippen LogP contribution in [0.3, 0.4) is 0 Å². The first-order chi connectivity index (χ1) is 15.9. The molecule has 33 heavy (non-hydrogen) atoms. The highest BCUT2D eigenvalue weighted by Crippen LogP contribution is 2.37. The van der Waals surface area contributed by atoms with E-state index in [4.69, 9.17) is 15.5 Å². The number of benzene rings is 1. The highest BCUT2D eigenvalue weighted by molar-refractivity contribution is 5.98. The van der Waals surface area contributed by atoms with Crippen LogP contribution in [0.1, 0.15) is 19.5 Å². The molecule has 0 aliphatic carbocycles. The first-order valence-electron chi connectivity index (χ1n) is 11.3. The number of nitrogen functional groups attached to an aromatic ring is 1. The summed E-state index contributed by atoms with van der Waals surface area (Å²) in [7, 11) is 0. The summed E-state index contributed by atoms with van der Waals surface area (Å²) in [6, 6.07) is 9.65. The van der Waals surface area contributed by atoms with E-state index in [0.29, 0.717) is 37.6 Å². The van der Waals surface area contributed by atoms with Crippen molar-refractivity contribution in [3.8, 4) is 17.0 Å². The minimum atomic E-state index is -0.0477. The van der Waals surface area contributed by atoms with Gasteiger partial charge in [0, 0.05) is 63.6 Å². The minimum absolute atomic E-state index is 0.0477. The van der Waals surface area contributed by atoms with Crippen LogP contribution in [0.4, 0.5) is 11.4 Å². The van der Waals surface area contributed by atoms with E-state index < -0.39 is 0 Å². The number of fused-ring (bicyclic) bond motifs is 2. The van der Waals surface area contributed by atoms with Gasteiger partial charge < -0.3 is 24.7 Å². The van der Waals surface area contributed by atoms with E-state index in [-0.39, 0.29) is 18.4 Å². The predicted molar refractivity (Wildman–Crippen MR) is 126 cm³/mol. The van der Waals surface area contributed by atoms with Crippen LogP contribution < -0.4 is 15.4 Å². The number of imidazole rings is 1. The fourth-order valence-corrected chi connectivity index (χ4v) is 4.62. The van der Waals surface area contributed by atoms with Gasteiger partial charge in [0.25, 0.3) is 5.91 Å². The SMILES string of the molecule is CCN1C(=O)COc2ccc(-c3nc4ccc(N)cn4c3CN3CCN(C(C)=O)CC3)cc21. The number of anilines is 2. The molecular weight excluding hydrogens is 420 g/mol. The van der Waals surface area contributed by atoms with Crippen LogP contribution in [-0.4, -0.2) is 70.3 Å². The first kappa shape index (κ1) is 21.3. The number of pyridine rings is 1. The molecule has 9 nitrogen and oxygen atoms in total. The van der Waals surface area contributed by atoms with E-state index in [1.165, 1.54) is 0 Å². The molecule has 0 unspecified atom stereocenters. The number of carbonyl (C=O) groups is 2. The Labute approximate surface area is 192 Å². The van der Waals surface area contributed by atoms with Crippen LogP contribution in [0, 0.1) is 0 Å². The van der Waals surface area contributed by atoms with Gasteiger partial charge in [0.2, 0.25) is 5.91 Å². The molecule has 0 spiro atoms. The van der Waals surface area contributed by atoms with E-state index in [1.807, 2.05) is 52.8 Å². The van der Waals surface area contributed by atoms with Gasteiger partial charge in [0.05, 0.1) is 17.1 Å². The Kier molecular flexibility index (Phi) is 5.41. The number of carbonyl (C=O) groups excluding carboxylic acids is 2. The fourth-order valence-electron chi connectivity index (χ4n) is 4.62. The summed E-state index contributed by atoms with van der Waals surface area (Å²) in [5.41, 5.74) is 11.1. The maximum absolute atomic E-state index is 12.4. The number of nitrogens with two attached hydrogens (primary N) is 1. The molecule has 0 bridgehead atoms. The number of piperazine rings is 1. The van der Waals surface area contributed by atoms with Gasteiger partial charge in [-0.3, -0.25) is 14.5 Å². The van der Waals surface area contributed by atoms with Gasteiger partial charge in [-0.1, -0.05) is 0 Å².